The summed E-state index contributed by atoms with van der Waals surface area (Å²) >= 11 is 0. The first-order valence-electron chi connectivity index (χ1n) is 7.18. The SMILES string of the molecule is COc1ccc([C@@H]2C[C@@H]3O[C@@H]3C[C@H]2[N+](=O)[O-])c(OC)c1OC. The maximum atomic E-state index is 11.4. The van der Waals surface area contributed by atoms with Gasteiger partial charge in [-0.05, 0) is 12.5 Å². The number of benzene rings is 1. The number of epoxide rings is 1. The Labute approximate surface area is 128 Å². The van der Waals surface area contributed by atoms with E-state index in [1.165, 1.54) is 14.2 Å². The number of rotatable bonds is 5. The molecule has 0 spiro atoms. The smallest absolute Gasteiger partial charge is 0.222 e. The number of hydrogen-bond donors (Lipinski definition) is 0. The molecular weight excluding hydrogens is 290 g/mol. The molecule has 1 heterocycles. The third-order valence-corrected chi connectivity index (χ3v) is 4.52. The van der Waals surface area contributed by atoms with E-state index in [-0.39, 0.29) is 23.0 Å². The summed E-state index contributed by atoms with van der Waals surface area (Å²) in [4.78, 5) is 11.2. The highest BCUT2D eigenvalue weighted by Crippen LogP contribution is 2.50. The van der Waals surface area contributed by atoms with E-state index in [2.05, 4.69) is 0 Å². The van der Waals surface area contributed by atoms with Crippen molar-refractivity contribution in [2.24, 2.45) is 0 Å². The minimum Gasteiger partial charge on any atom is -0.493 e. The van der Waals surface area contributed by atoms with Gasteiger partial charge in [-0.25, -0.2) is 0 Å². The zero-order valence-electron chi connectivity index (χ0n) is 12.8. The maximum absolute atomic E-state index is 11.4. The quantitative estimate of drug-likeness (QED) is 0.470. The Hall–Kier alpha value is -2.02. The third kappa shape index (κ3) is 2.35. The van der Waals surface area contributed by atoms with Crippen molar-refractivity contribution < 1.29 is 23.9 Å². The lowest BCUT2D eigenvalue weighted by molar-refractivity contribution is -0.529. The van der Waals surface area contributed by atoms with Gasteiger partial charge in [-0.15, -0.1) is 0 Å². The first-order chi connectivity index (χ1) is 10.6. The molecule has 0 aromatic heterocycles. The summed E-state index contributed by atoms with van der Waals surface area (Å²) in [5.41, 5.74) is 0.774. The van der Waals surface area contributed by atoms with Crippen molar-refractivity contribution in [2.75, 3.05) is 21.3 Å². The summed E-state index contributed by atoms with van der Waals surface area (Å²) in [6.07, 6.45) is 1.24. The van der Waals surface area contributed by atoms with Crippen molar-refractivity contribution in [1.82, 2.24) is 0 Å². The second-order valence-corrected chi connectivity index (χ2v) is 5.57. The molecule has 1 aliphatic carbocycles. The van der Waals surface area contributed by atoms with Gasteiger partial charge in [-0.3, -0.25) is 10.1 Å². The van der Waals surface area contributed by atoms with Gasteiger partial charge in [0.25, 0.3) is 0 Å². The van der Waals surface area contributed by atoms with Crippen LogP contribution in [0.5, 0.6) is 17.2 Å². The number of ether oxygens (including phenoxy) is 4. The largest absolute Gasteiger partial charge is 0.493 e. The second-order valence-electron chi connectivity index (χ2n) is 5.57. The molecule has 1 saturated carbocycles. The van der Waals surface area contributed by atoms with Crippen molar-refractivity contribution >= 4 is 0 Å². The van der Waals surface area contributed by atoms with Crippen molar-refractivity contribution in [3.63, 3.8) is 0 Å². The molecule has 22 heavy (non-hydrogen) atoms. The molecule has 7 nitrogen and oxygen atoms in total. The summed E-state index contributed by atoms with van der Waals surface area (Å²) in [6.45, 7) is 0. The highest BCUT2D eigenvalue weighted by atomic mass is 16.6. The van der Waals surface area contributed by atoms with E-state index in [1.807, 2.05) is 6.07 Å². The van der Waals surface area contributed by atoms with Gasteiger partial charge in [0.05, 0.1) is 39.5 Å². The van der Waals surface area contributed by atoms with Crippen LogP contribution in [0, 0.1) is 10.1 Å². The average molecular weight is 309 g/mol. The molecule has 2 fully saturated rings. The van der Waals surface area contributed by atoms with Crippen molar-refractivity contribution in [1.29, 1.82) is 0 Å². The van der Waals surface area contributed by atoms with E-state index in [0.717, 1.165) is 5.56 Å². The van der Waals surface area contributed by atoms with Gasteiger partial charge in [-0.1, -0.05) is 6.07 Å². The number of nitro groups is 1. The Balaban J connectivity index is 2.03. The Bertz CT molecular complexity index is 590. The third-order valence-electron chi connectivity index (χ3n) is 4.52. The molecule has 0 unspecified atom stereocenters. The first kappa shape index (κ1) is 14.9. The lowest BCUT2D eigenvalue weighted by Gasteiger charge is -2.26. The molecule has 1 saturated heterocycles. The topological polar surface area (TPSA) is 83.4 Å². The van der Waals surface area contributed by atoms with Gasteiger partial charge < -0.3 is 18.9 Å². The number of nitrogens with zero attached hydrogens (tertiary/aromatic N) is 1. The summed E-state index contributed by atoms with van der Waals surface area (Å²) in [5.74, 6) is 1.24. The monoisotopic (exact) mass is 309 g/mol. The Morgan fingerprint density at radius 3 is 2.36 bits per heavy atom. The molecule has 1 aromatic carbocycles. The van der Waals surface area contributed by atoms with Gasteiger partial charge >= 0.3 is 0 Å². The fourth-order valence-corrected chi connectivity index (χ4v) is 3.39. The predicted octanol–water partition coefficient (Wildman–Crippen LogP) is 2.00. The molecule has 120 valence electrons. The lowest BCUT2D eigenvalue weighted by Crippen LogP contribution is -2.34. The molecule has 0 radical (unpaired) electrons. The van der Waals surface area contributed by atoms with Gasteiger partial charge in [0, 0.05) is 16.9 Å². The molecule has 4 atom stereocenters. The highest BCUT2D eigenvalue weighted by molar-refractivity contribution is 5.57. The minimum atomic E-state index is -0.671. The zero-order valence-corrected chi connectivity index (χ0v) is 12.8. The van der Waals surface area contributed by atoms with Crippen LogP contribution >= 0.6 is 0 Å². The van der Waals surface area contributed by atoms with Crippen LogP contribution in [0.3, 0.4) is 0 Å². The number of methoxy groups -OCH3 is 3. The van der Waals surface area contributed by atoms with E-state index in [9.17, 15) is 10.1 Å². The Morgan fingerprint density at radius 1 is 1.09 bits per heavy atom. The van der Waals surface area contributed by atoms with Gasteiger partial charge in [0.2, 0.25) is 11.8 Å². The van der Waals surface area contributed by atoms with E-state index < -0.39 is 6.04 Å². The van der Waals surface area contributed by atoms with Crippen LogP contribution in [0.2, 0.25) is 0 Å². The molecule has 3 rings (SSSR count). The fourth-order valence-electron chi connectivity index (χ4n) is 3.39. The second kappa shape index (κ2) is 5.64. The van der Waals surface area contributed by atoms with Crippen LogP contribution in [0.1, 0.15) is 24.3 Å². The maximum Gasteiger partial charge on any atom is 0.222 e. The van der Waals surface area contributed by atoms with Crippen LogP contribution in [-0.4, -0.2) is 44.5 Å². The molecular formula is C15H19NO6. The van der Waals surface area contributed by atoms with Gasteiger partial charge in [0.1, 0.15) is 0 Å². The van der Waals surface area contributed by atoms with E-state index in [1.54, 1.807) is 13.2 Å². The predicted molar refractivity (Wildman–Crippen MR) is 77.5 cm³/mol. The molecule has 0 bridgehead atoms. The summed E-state index contributed by atoms with van der Waals surface area (Å²) in [6, 6.07) is 2.91. The van der Waals surface area contributed by atoms with Crippen LogP contribution < -0.4 is 14.2 Å². The van der Waals surface area contributed by atoms with Crippen LogP contribution in [0.4, 0.5) is 0 Å². The number of fused-ring (bicyclic) bond motifs is 1. The molecule has 2 aliphatic rings. The Morgan fingerprint density at radius 2 is 1.77 bits per heavy atom. The van der Waals surface area contributed by atoms with Crippen LogP contribution in [-0.2, 0) is 4.74 Å². The number of hydrogen-bond acceptors (Lipinski definition) is 6. The van der Waals surface area contributed by atoms with Crippen molar-refractivity contribution in [3.05, 3.63) is 27.8 Å². The van der Waals surface area contributed by atoms with E-state index in [0.29, 0.717) is 30.1 Å². The summed E-state index contributed by atoms with van der Waals surface area (Å²) < 4.78 is 21.6. The molecule has 1 aromatic rings. The zero-order chi connectivity index (χ0) is 15.9. The van der Waals surface area contributed by atoms with Gasteiger partial charge in [0.15, 0.2) is 11.5 Å². The van der Waals surface area contributed by atoms with E-state index in [4.69, 9.17) is 18.9 Å². The standard InChI is InChI=1S/C15H19NO6/c1-19-11-5-4-8(14(20-2)15(11)21-3)9-6-12-13(22-12)7-10(9)16(17)18/h4-5,9-10,12-13H,6-7H2,1-3H3/t9-,10+,12-,13+/m0/s1. The van der Waals surface area contributed by atoms with Crippen LogP contribution in [0.25, 0.3) is 0 Å². The fraction of sp³-hybridized carbons (Fsp3) is 0.600. The Kier molecular flexibility index (Phi) is 3.82. The molecule has 0 amide bonds. The molecule has 1 aliphatic heterocycles. The lowest BCUT2D eigenvalue weighted by atomic mass is 9.79. The highest BCUT2D eigenvalue weighted by Gasteiger charge is 2.54. The first-order valence-corrected chi connectivity index (χ1v) is 7.18. The average Bonchev–Trinajstić information content (AvgIpc) is 3.30. The van der Waals surface area contributed by atoms with E-state index >= 15 is 0 Å². The van der Waals surface area contributed by atoms with Crippen LogP contribution in [0.15, 0.2) is 12.1 Å². The minimum absolute atomic E-state index is 0.0396. The van der Waals surface area contributed by atoms with Gasteiger partial charge in [-0.2, -0.15) is 0 Å². The summed E-state index contributed by atoms with van der Waals surface area (Å²) in [7, 11) is 4.59. The molecule has 0 N–H and O–H groups in total. The van der Waals surface area contributed by atoms with Crippen molar-refractivity contribution in [3.8, 4) is 17.2 Å². The summed E-state index contributed by atoms with van der Waals surface area (Å²) in [5, 5.41) is 11.4. The van der Waals surface area contributed by atoms with Crippen molar-refractivity contribution in [2.45, 2.75) is 37.0 Å². The molecule has 7 heteroatoms. The normalized spacial score (nSPS) is 29.4.